The van der Waals surface area contributed by atoms with Crippen LogP contribution in [-0.2, 0) is 7.05 Å². The van der Waals surface area contributed by atoms with Crippen LogP contribution in [0.25, 0.3) is 10.8 Å². The van der Waals surface area contributed by atoms with E-state index in [4.69, 9.17) is 0 Å². The normalized spacial score (nSPS) is 11.1. The molecule has 0 unspecified atom stereocenters. The number of fused-ring (bicyclic) bond motifs is 1. The number of phenols is 2. The molecule has 3 N–H and O–H groups in total. The molecular formula is C17H14N4O4. The number of hydrogen-bond acceptors (Lipinski definition) is 6. The van der Waals surface area contributed by atoms with Gasteiger partial charge in [-0.1, -0.05) is 18.2 Å². The molecule has 8 nitrogen and oxygen atoms in total. The van der Waals surface area contributed by atoms with Crippen molar-refractivity contribution in [2.45, 2.75) is 0 Å². The number of aryl methyl sites for hydroxylation is 1. The van der Waals surface area contributed by atoms with Gasteiger partial charge in [-0.3, -0.25) is 9.59 Å². The SMILES string of the molecule is Cn1nc(C(=O)N/N=C/c2ccc(O)c(O)c2)c2ccccc2c1=O. The number of amides is 1. The Balaban J connectivity index is 1.88. The van der Waals surface area contributed by atoms with Gasteiger partial charge >= 0.3 is 0 Å². The summed E-state index contributed by atoms with van der Waals surface area (Å²) in [6.45, 7) is 0. The Morgan fingerprint density at radius 2 is 1.88 bits per heavy atom. The zero-order valence-corrected chi connectivity index (χ0v) is 13.2. The van der Waals surface area contributed by atoms with E-state index in [-0.39, 0.29) is 22.8 Å². The molecule has 0 saturated heterocycles. The van der Waals surface area contributed by atoms with Crippen LogP contribution in [0.15, 0.2) is 52.4 Å². The number of hydrazone groups is 1. The van der Waals surface area contributed by atoms with Crippen LogP contribution < -0.4 is 11.0 Å². The van der Waals surface area contributed by atoms with Crippen molar-refractivity contribution in [3.63, 3.8) is 0 Å². The monoisotopic (exact) mass is 338 g/mol. The first-order valence-corrected chi connectivity index (χ1v) is 7.29. The van der Waals surface area contributed by atoms with E-state index < -0.39 is 5.91 Å². The van der Waals surface area contributed by atoms with Crippen LogP contribution in [0.5, 0.6) is 11.5 Å². The fourth-order valence-electron chi connectivity index (χ4n) is 2.31. The van der Waals surface area contributed by atoms with Gasteiger partial charge < -0.3 is 10.2 Å². The third kappa shape index (κ3) is 3.18. The van der Waals surface area contributed by atoms with Crippen molar-refractivity contribution >= 4 is 22.9 Å². The van der Waals surface area contributed by atoms with Crippen LogP contribution in [0.2, 0.25) is 0 Å². The molecule has 3 aromatic rings. The van der Waals surface area contributed by atoms with E-state index in [2.05, 4.69) is 15.6 Å². The van der Waals surface area contributed by atoms with Crippen LogP contribution >= 0.6 is 0 Å². The third-order valence-electron chi connectivity index (χ3n) is 3.55. The first-order valence-electron chi connectivity index (χ1n) is 7.29. The van der Waals surface area contributed by atoms with Gasteiger partial charge in [-0.05, 0) is 29.8 Å². The average Bonchev–Trinajstić information content (AvgIpc) is 2.61. The standard InChI is InChI=1S/C17H14N4O4/c1-21-17(25)12-5-3-2-4-11(12)15(20-21)16(24)19-18-9-10-6-7-13(22)14(23)8-10/h2-9,22-23H,1H3,(H,19,24)/b18-9+. The predicted molar refractivity (Wildman–Crippen MR) is 91.8 cm³/mol. The molecule has 0 fully saturated rings. The van der Waals surface area contributed by atoms with Crippen molar-refractivity contribution in [1.29, 1.82) is 0 Å². The largest absolute Gasteiger partial charge is 0.504 e. The smallest absolute Gasteiger partial charge is 0.292 e. The number of carbonyl (C=O) groups is 1. The van der Waals surface area contributed by atoms with Gasteiger partial charge in [-0.2, -0.15) is 10.2 Å². The van der Waals surface area contributed by atoms with Gasteiger partial charge in [0.2, 0.25) is 0 Å². The molecule has 0 aliphatic carbocycles. The molecule has 126 valence electrons. The maximum Gasteiger partial charge on any atom is 0.292 e. The summed E-state index contributed by atoms with van der Waals surface area (Å²) in [7, 11) is 1.47. The second-order valence-electron chi connectivity index (χ2n) is 5.27. The lowest BCUT2D eigenvalue weighted by Gasteiger charge is -2.06. The second kappa shape index (κ2) is 6.44. The molecule has 0 radical (unpaired) electrons. The number of rotatable bonds is 3. The topological polar surface area (TPSA) is 117 Å². The summed E-state index contributed by atoms with van der Waals surface area (Å²) < 4.78 is 1.10. The van der Waals surface area contributed by atoms with Crippen molar-refractivity contribution in [2.75, 3.05) is 0 Å². The Hall–Kier alpha value is -3.68. The number of aromatic nitrogens is 2. The number of benzene rings is 2. The van der Waals surface area contributed by atoms with Crippen molar-refractivity contribution in [2.24, 2.45) is 12.1 Å². The summed E-state index contributed by atoms with van der Waals surface area (Å²) in [4.78, 5) is 24.4. The number of phenolic OH excluding ortho intramolecular Hbond substituents is 2. The highest BCUT2D eigenvalue weighted by atomic mass is 16.3. The maximum absolute atomic E-state index is 12.3. The minimum absolute atomic E-state index is 0.0726. The summed E-state index contributed by atoms with van der Waals surface area (Å²) in [5.74, 6) is -1.12. The van der Waals surface area contributed by atoms with Crippen LogP contribution in [0, 0.1) is 0 Å². The lowest BCUT2D eigenvalue weighted by Crippen LogP contribution is -2.27. The summed E-state index contributed by atoms with van der Waals surface area (Å²) >= 11 is 0. The van der Waals surface area contributed by atoms with Gasteiger partial charge in [-0.15, -0.1) is 0 Å². The van der Waals surface area contributed by atoms with E-state index in [0.29, 0.717) is 16.3 Å². The number of nitrogens with zero attached hydrogens (tertiary/aromatic N) is 3. The van der Waals surface area contributed by atoms with E-state index in [1.54, 1.807) is 24.3 Å². The minimum atomic E-state index is -0.578. The van der Waals surface area contributed by atoms with Gasteiger partial charge in [-0.25, -0.2) is 10.1 Å². The van der Waals surface area contributed by atoms with E-state index in [1.807, 2.05) is 0 Å². The molecule has 0 aliphatic rings. The molecule has 3 rings (SSSR count). The number of carbonyl (C=O) groups excluding carboxylic acids is 1. The molecule has 0 spiro atoms. The van der Waals surface area contributed by atoms with E-state index in [1.165, 1.54) is 31.5 Å². The molecule has 1 amide bonds. The predicted octanol–water partition coefficient (Wildman–Crippen LogP) is 1.11. The fourth-order valence-corrected chi connectivity index (χ4v) is 2.31. The molecule has 25 heavy (non-hydrogen) atoms. The maximum atomic E-state index is 12.3. The summed E-state index contributed by atoms with van der Waals surface area (Å²) in [6, 6.07) is 10.8. The Morgan fingerprint density at radius 3 is 2.60 bits per heavy atom. The molecular weight excluding hydrogens is 324 g/mol. The lowest BCUT2D eigenvalue weighted by atomic mass is 10.1. The summed E-state index contributed by atoms with van der Waals surface area (Å²) in [6.07, 6.45) is 1.31. The fraction of sp³-hybridized carbons (Fsp3) is 0.0588. The van der Waals surface area contributed by atoms with Crippen molar-refractivity contribution < 1.29 is 15.0 Å². The van der Waals surface area contributed by atoms with Gasteiger partial charge in [0.15, 0.2) is 17.2 Å². The van der Waals surface area contributed by atoms with E-state index in [0.717, 1.165) is 4.68 Å². The highest BCUT2D eigenvalue weighted by Gasteiger charge is 2.14. The Morgan fingerprint density at radius 1 is 1.16 bits per heavy atom. The Bertz CT molecular complexity index is 1060. The number of aromatic hydroxyl groups is 2. The average molecular weight is 338 g/mol. The third-order valence-corrected chi connectivity index (χ3v) is 3.55. The van der Waals surface area contributed by atoms with Gasteiger partial charge in [0.1, 0.15) is 0 Å². The van der Waals surface area contributed by atoms with Crippen LogP contribution in [-0.4, -0.2) is 32.1 Å². The van der Waals surface area contributed by atoms with Crippen LogP contribution in [0.3, 0.4) is 0 Å². The first kappa shape index (κ1) is 16.2. The van der Waals surface area contributed by atoms with Crippen molar-refractivity contribution in [3.8, 4) is 11.5 Å². The second-order valence-corrected chi connectivity index (χ2v) is 5.27. The minimum Gasteiger partial charge on any atom is -0.504 e. The molecule has 0 aliphatic heterocycles. The Labute approximate surface area is 141 Å². The zero-order valence-electron chi connectivity index (χ0n) is 13.2. The van der Waals surface area contributed by atoms with Gasteiger partial charge in [0.05, 0.1) is 11.6 Å². The lowest BCUT2D eigenvalue weighted by molar-refractivity contribution is 0.0950. The summed E-state index contributed by atoms with van der Waals surface area (Å²) in [5, 5.41) is 27.3. The van der Waals surface area contributed by atoms with Crippen LogP contribution in [0.4, 0.5) is 0 Å². The van der Waals surface area contributed by atoms with E-state index >= 15 is 0 Å². The van der Waals surface area contributed by atoms with Crippen molar-refractivity contribution in [3.05, 3.63) is 64.1 Å². The van der Waals surface area contributed by atoms with E-state index in [9.17, 15) is 19.8 Å². The highest BCUT2D eigenvalue weighted by molar-refractivity contribution is 6.04. The quantitative estimate of drug-likeness (QED) is 0.376. The van der Waals surface area contributed by atoms with Crippen molar-refractivity contribution in [1.82, 2.24) is 15.2 Å². The van der Waals surface area contributed by atoms with Gasteiger partial charge in [0, 0.05) is 12.4 Å². The molecule has 2 aromatic carbocycles. The molecule has 0 atom stereocenters. The zero-order chi connectivity index (χ0) is 18.0. The van der Waals surface area contributed by atoms with Gasteiger partial charge in [0.25, 0.3) is 11.5 Å². The summed E-state index contributed by atoms with van der Waals surface area (Å²) in [5.41, 5.74) is 2.59. The van der Waals surface area contributed by atoms with Crippen LogP contribution in [0.1, 0.15) is 16.1 Å². The molecule has 1 aromatic heterocycles. The molecule has 0 saturated carbocycles. The highest BCUT2D eigenvalue weighted by Crippen LogP contribution is 2.23. The number of nitrogens with one attached hydrogen (secondary N) is 1. The molecule has 1 heterocycles. The molecule has 0 bridgehead atoms. The Kier molecular flexibility index (Phi) is 4.17. The number of hydrogen-bond donors (Lipinski definition) is 3. The first-order chi connectivity index (χ1) is 12.0. The molecule has 8 heteroatoms.